The Hall–Kier alpha value is -2.44. The molecule has 4 rings (SSSR count). The van der Waals surface area contributed by atoms with Crippen LogP contribution < -0.4 is 21.0 Å². The SMILES string of the molecule is Clc1ccc(CN[P+](c2ccccc2)(c2ccccc2)c2ccccc2)cc1. The fourth-order valence-electron chi connectivity index (χ4n) is 3.49. The van der Waals surface area contributed by atoms with Crippen molar-refractivity contribution in [2.24, 2.45) is 0 Å². The van der Waals surface area contributed by atoms with Gasteiger partial charge in [-0.25, -0.2) is 0 Å². The van der Waals surface area contributed by atoms with E-state index in [0.717, 1.165) is 11.6 Å². The summed E-state index contributed by atoms with van der Waals surface area (Å²) in [7, 11) is -2.01. The first kappa shape index (κ1) is 18.9. The molecule has 4 aromatic carbocycles. The summed E-state index contributed by atoms with van der Waals surface area (Å²) in [5, 5.41) is 8.71. The fourth-order valence-corrected chi connectivity index (χ4v) is 7.33. The molecule has 4 aromatic rings. The molecule has 0 bridgehead atoms. The van der Waals surface area contributed by atoms with Crippen molar-refractivity contribution in [3.05, 3.63) is 126 Å². The van der Waals surface area contributed by atoms with Gasteiger partial charge in [-0.05, 0) is 54.1 Å². The van der Waals surface area contributed by atoms with E-state index in [1.807, 2.05) is 12.1 Å². The molecule has 138 valence electrons. The second kappa shape index (κ2) is 8.71. The summed E-state index contributed by atoms with van der Waals surface area (Å²) in [6, 6.07) is 40.5. The number of benzene rings is 4. The molecule has 3 heteroatoms. The Kier molecular flexibility index (Phi) is 5.88. The van der Waals surface area contributed by atoms with E-state index in [2.05, 4.69) is 108 Å². The minimum Gasteiger partial charge on any atom is -0.174 e. The largest absolute Gasteiger partial charge is 0.178 e. The molecule has 0 amide bonds. The maximum atomic E-state index is 6.08. The highest BCUT2D eigenvalue weighted by molar-refractivity contribution is 7.94. The average Bonchev–Trinajstić information content (AvgIpc) is 2.78. The summed E-state index contributed by atoms with van der Waals surface area (Å²) in [4.78, 5) is 0. The summed E-state index contributed by atoms with van der Waals surface area (Å²) >= 11 is 6.08. The normalized spacial score (nSPS) is 11.3. The lowest BCUT2D eigenvalue weighted by Crippen LogP contribution is -2.40. The molecule has 0 saturated heterocycles. The van der Waals surface area contributed by atoms with Crippen molar-refractivity contribution in [1.29, 1.82) is 0 Å². The van der Waals surface area contributed by atoms with E-state index in [1.165, 1.54) is 21.5 Å². The molecule has 0 atom stereocenters. The molecule has 0 radical (unpaired) electrons. The molecule has 0 aliphatic rings. The van der Waals surface area contributed by atoms with Crippen molar-refractivity contribution in [2.45, 2.75) is 6.54 Å². The van der Waals surface area contributed by atoms with E-state index >= 15 is 0 Å². The Bertz CT molecular complexity index is 906. The van der Waals surface area contributed by atoms with E-state index in [4.69, 9.17) is 11.6 Å². The van der Waals surface area contributed by atoms with Gasteiger partial charge in [-0.2, -0.15) is 5.09 Å². The first-order valence-corrected chi connectivity index (χ1v) is 11.5. The molecule has 1 nitrogen and oxygen atoms in total. The van der Waals surface area contributed by atoms with Crippen LogP contribution in [0.1, 0.15) is 5.56 Å². The molecular weight excluding hydrogens is 381 g/mol. The molecular formula is C25H22ClNP+. The van der Waals surface area contributed by atoms with Crippen LogP contribution in [0.25, 0.3) is 0 Å². The van der Waals surface area contributed by atoms with E-state index < -0.39 is 7.41 Å². The summed E-state index contributed by atoms with van der Waals surface area (Å²) in [5.74, 6) is 0. The van der Waals surface area contributed by atoms with Crippen LogP contribution in [0.3, 0.4) is 0 Å². The van der Waals surface area contributed by atoms with Gasteiger partial charge < -0.3 is 0 Å². The highest BCUT2D eigenvalue weighted by Gasteiger charge is 2.45. The smallest absolute Gasteiger partial charge is 0.174 e. The van der Waals surface area contributed by atoms with Crippen molar-refractivity contribution in [3.63, 3.8) is 0 Å². The van der Waals surface area contributed by atoms with Crippen LogP contribution in [-0.2, 0) is 6.54 Å². The average molecular weight is 403 g/mol. The number of hydrogen-bond acceptors (Lipinski definition) is 1. The molecule has 0 aromatic heterocycles. The zero-order chi connectivity index (χ0) is 19.2. The predicted molar refractivity (Wildman–Crippen MR) is 123 cm³/mol. The molecule has 0 unspecified atom stereocenters. The lowest BCUT2D eigenvalue weighted by Gasteiger charge is -2.28. The Morgan fingerprint density at radius 1 is 0.536 bits per heavy atom. The topological polar surface area (TPSA) is 12.0 Å². The van der Waals surface area contributed by atoms with Crippen LogP contribution in [0.5, 0.6) is 0 Å². The standard InChI is InChI=1S/C25H22ClNP/c26-22-18-16-21(17-19-22)20-27-28(23-10-4-1-5-11-23,24-12-6-2-7-13-24)25-14-8-3-9-15-25/h1-19,27H,20H2/q+1. The van der Waals surface area contributed by atoms with Gasteiger partial charge in [0.15, 0.2) is 7.41 Å². The summed E-state index contributed by atoms with van der Waals surface area (Å²) in [5.41, 5.74) is 1.22. The van der Waals surface area contributed by atoms with Crippen molar-refractivity contribution in [3.8, 4) is 0 Å². The van der Waals surface area contributed by atoms with Gasteiger partial charge in [0.05, 0.1) is 6.54 Å². The van der Waals surface area contributed by atoms with Crippen LogP contribution in [-0.4, -0.2) is 0 Å². The van der Waals surface area contributed by atoms with E-state index in [0.29, 0.717) is 0 Å². The first-order chi connectivity index (χ1) is 13.8. The van der Waals surface area contributed by atoms with Crippen LogP contribution >= 0.6 is 19.0 Å². The first-order valence-electron chi connectivity index (χ1n) is 9.34. The second-order valence-corrected chi connectivity index (χ2v) is 10.3. The van der Waals surface area contributed by atoms with E-state index in [-0.39, 0.29) is 0 Å². The van der Waals surface area contributed by atoms with Crippen molar-refractivity contribution >= 4 is 34.9 Å². The minimum atomic E-state index is -2.01. The Labute approximate surface area is 172 Å². The van der Waals surface area contributed by atoms with Crippen molar-refractivity contribution in [2.75, 3.05) is 0 Å². The molecule has 1 N–H and O–H groups in total. The molecule has 0 spiro atoms. The highest BCUT2D eigenvalue weighted by Crippen LogP contribution is 2.51. The number of nitrogens with one attached hydrogen (secondary N) is 1. The van der Waals surface area contributed by atoms with Gasteiger partial charge in [-0.1, -0.05) is 78.3 Å². The molecule has 0 heterocycles. The summed E-state index contributed by atoms with van der Waals surface area (Å²) < 4.78 is 0. The lowest BCUT2D eigenvalue weighted by atomic mass is 10.2. The molecule has 0 aliphatic heterocycles. The van der Waals surface area contributed by atoms with Gasteiger partial charge >= 0.3 is 0 Å². The fraction of sp³-hybridized carbons (Fsp3) is 0.0400. The third kappa shape index (κ3) is 3.88. The lowest BCUT2D eigenvalue weighted by molar-refractivity contribution is 0.961. The number of hydrogen-bond donors (Lipinski definition) is 1. The van der Waals surface area contributed by atoms with Gasteiger partial charge in [-0.3, -0.25) is 0 Å². The van der Waals surface area contributed by atoms with Gasteiger partial charge in [0, 0.05) is 5.02 Å². The van der Waals surface area contributed by atoms with Gasteiger partial charge in [-0.15, -0.1) is 0 Å². The Morgan fingerprint density at radius 2 is 0.929 bits per heavy atom. The predicted octanol–water partition coefficient (Wildman–Crippen LogP) is 5.34. The van der Waals surface area contributed by atoms with Crippen molar-refractivity contribution < 1.29 is 0 Å². The molecule has 0 saturated carbocycles. The molecule has 0 aliphatic carbocycles. The summed E-state index contributed by atoms with van der Waals surface area (Å²) in [6.07, 6.45) is 0. The summed E-state index contributed by atoms with van der Waals surface area (Å²) in [6.45, 7) is 0.767. The third-order valence-corrected chi connectivity index (χ3v) is 8.97. The van der Waals surface area contributed by atoms with Crippen LogP contribution in [0.15, 0.2) is 115 Å². The van der Waals surface area contributed by atoms with Gasteiger partial charge in [0.25, 0.3) is 0 Å². The molecule has 28 heavy (non-hydrogen) atoms. The van der Waals surface area contributed by atoms with Gasteiger partial charge in [0.1, 0.15) is 15.9 Å². The highest BCUT2D eigenvalue weighted by atomic mass is 35.5. The third-order valence-electron chi connectivity index (χ3n) is 4.86. The number of rotatable bonds is 6. The Morgan fingerprint density at radius 3 is 1.32 bits per heavy atom. The van der Waals surface area contributed by atoms with Crippen LogP contribution in [0.4, 0.5) is 0 Å². The monoisotopic (exact) mass is 402 g/mol. The van der Waals surface area contributed by atoms with E-state index in [1.54, 1.807) is 0 Å². The zero-order valence-corrected chi connectivity index (χ0v) is 17.2. The Balaban J connectivity index is 1.86. The molecule has 0 fully saturated rings. The number of halogens is 1. The minimum absolute atomic E-state index is 0.763. The van der Waals surface area contributed by atoms with Gasteiger partial charge in [0.2, 0.25) is 0 Å². The van der Waals surface area contributed by atoms with Crippen LogP contribution in [0, 0.1) is 0 Å². The van der Waals surface area contributed by atoms with Crippen molar-refractivity contribution in [1.82, 2.24) is 5.09 Å². The van der Waals surface area contributed by atoms with E-state index in [9.17, 15) is 0 Å². The second-order valence-electron chi connectivity index (χ2n) is 6.64. The van der Waals surface area contributed by atoms with Crippen LogP contribution in [0.2, 0.25) is 5.02 Å². The quantitative estimate of drug-likeness (QED) is 0.429. The maximum absolute atomic E-state index is 6.08. The zero-order valence-electron chi connectivity index (χ0n) is 15.5. The maximum Gasteiger partial charge on any atom is 0.178 e.